The van der Waals surface area contributed by atoms with E-state index in [-0.39, 0.29) is 6.04 Å². The minimum Gasteiger partial charge on any atom is -0.327 e. The van der Waals surface area contributed by atoms with E-state index in [0.29, 0.717) is 5.92 Å². The lowest BCUT2D eigenvalue weighted by Gasteiger charge is -2.19. The van der Waals surface area contributed by atoms with Crippen molar-refractivity contribution in [3.8, 4) is 0 Å². The Morgan fingerprint density at radius 3 is 3.06 bits per heavy atom. The normalized spacial score (nSPS) is 21.1. The summed E-state index contributed by atoms with van der Waals surface area (Å²) in [5.41, 5.74) is 2.55. The number of pyridine rings is 1. The summed E-state index contributed by atoms with van der Waals surface area (Å²) in [4.78, 5) is 8.52. The van der Waals surface area contributed by atoms with Crippen LogP contribution in [0, 0.1) is 0 Å². The fraction of sp³-hybridized carbons (Fsp3) is 0.429. The van der Waals surface area contributed by atoms with Crippen LogP contribution in [0.25, 0.3) is 0 Å². The first-order valence-corrected chi connectivity index (χ1v) is 6.48. The Morgan fingerprint density at radius 2 is 2.33 bits per heavy atom. The van der Waals surface area contributed by atoms with Gasteiger partial charge in [-0.1, -0.05) is 6.07 Å². The molecular formula is C14H18N4. The highest BCUT2D eigenvalue weighted by molar-refractivity contribution is 5.18. The average molecular weight is 242 g/mol. The van der Waals surface area contributed by atoms with Crippen LogP contribution in [0.3, 0.4) is 0 Å². The summed E-state index contributed by atoms with van der Waals surface area (Å²) in [6, 6.07) is 4.39. The Labute approximate surface area is 107 Å². The lowest BCUT2D eigenvalue weighted by molar-refractivity contribution is 0.573. The third kappa shape index (κ3) is 2.04. The van der Waals surface area contributed by atoms with E-state index in [1.54, 1.807) is 0 Å². The lowest BCUT2D eigenvalue weighted by atomic mass is 10.0. The number of imidazole rings is 1. The van der Waals surface area contributed by atoms with E-state index in [0.717, 1.165) is 13.1 Å². The molecule has 0 aromatic carbocycles. The molecule has 1 aliphatic heterocycles. The maximum Gasteiger partial charge on any atom is 0.0953 e. The molecule has 2 aromatic rings. The number of hydrogen-bond donors (Lipinski definition) is 1. The zero-order chi connectivity index (χ0) is 12.4. The number of hydrogen-bond acceptors (Lipinski definition) is 3. The SMILES string of the molecule is CC(c1cccnc1)n1cncc1C1CCNC1. The van der Waals surface area contributed by atoms with Crippen LogP contribution in [0.4, 0.5) is 0 Å². The van der Waals surface area contributed by atoms with Gasteiger partial charge >= 0.3 is 0 Å². The van der Waals surface area contributed by atoms with E-state index >= 15 is 0 Å². The van der Waals surface area contributed by atoms with Gasteiger partial charge in [0.1, 0.15) is 0 Å². The van der Waals surface area contributed by atoms with Crippen LogP contribution in [-0.4, -0.2) is 27.6 Å². The molecule has 0 aliphatic carbocycles. The summed E-state index contributed by atoms with van der Waals surface area (Å²) >= 11 is 0. The van der Waals surface area contributed by atoms with Crippen molar-refractivity contribution >= 4 is 0 Å². The molecular weight excluding hydrogens is 224 g/mol. The first-order chi connectivity index (χ1) is 8.86. The van der Waals surface area contributed by atoms with Crippen molar-refractivity contribution in [1.82, 2.24) is 19.9 Å². The van der Waals surface area contributed by atoms with Crippen LogP contribution in [-0.2, 0) is 0 Å². The van der Waals surface area contributed by atoms with Crippen molar-refractivity contribution in [2.75, 3.05) is 13.1 Å². The lowest BCUT2D eigenvalue weighted by Crippen LogP contribution is -2.14. The van der Waals surface area contributed by atoms with Crippen molar-refractivity contribution < 1.29 is 0 Å². The molecule has 18 heavy (non-hydrogen) atoms. The molecule has 2 atom stereocenters. The van der Waals surface area contributed by atoms with Gasteiger partial charge in [0.15, 0.2) is 0 Å². The maximum absolute atomic E-state index is 4.33. The molecule has 2 aromatic heterocycles. The van der Waals surface area contributed by atoms with E-state index in [9.17, 15) is 0 Å². The Balaban J connectivity index is 1.90. The summed E-state index contributed by atoms with van der Waals surface area (Å²) in [6.45, 7) is 4.37. The molecule has 0 radical (unpaired) electrons. The average Bonchev–Trinajstić information content (AvgIpc) is 3.09. The highest BCUT2D eigenvalue weighted by Gasteiger charge is 2.22. The van der Waals surface area contributed by atoms with Gasteiger partial charge < -0.3 is 9.88 Å². The van der Waals surface area contributed by atoms with Crippen molar-refractivity contribution in [1.29, 1.82) is 0 Å². The molecule has 1 saturated heterocycles. The van der Waals surface area contributed by atoms with Crippen LogP contribution in [0.2, 0.25) is 0 Å². The van der Waals surface area contributed by atoms with Crippen LogP contribution in [0.15, 0.2) is 37.1 Å². The van der Waals surface area contributed by atoms with Crippen molar-refractivity contribution in [2.24, 2.45) is 0 Å². The second-order valence-corrected chi connectivity index (χ2v) is 4.88. The highest BCUT2D eigenvalue weighted by Crippen LogP contribution is 2.26. The smallest absolute Gasteiger partial charge is 0.0953 e. The Bertz CT molecular complexity index is 500. The van der Waals surface area contributed by atoms with Gasteiger partial charge in [-0.05, 0) is 31.5 Å². The summed E-state index contributed by atoms with van der Waals surface area (Å²) in [6.07, 6.45) is 8.88. The largest absolute Gasteiger partial charge is 0.327 e. The van der Waals surface area contributed by atoms with E-state index in [2.05, 4.69) is 32.8 Å². The van der Waals surface area contributed by atoms with E-state index in [1.807, 2.05) is 31.0 Å². The third-order valence-electron chi connectivity index (χ3n) is 3.76. The van der Waals surface area contributed by atoms with Gasteiger partial charge in [-0.25, -0.2) is 4.98 Å². The number of rotatable bonds is 3. The van der Waals surface area contributed by atoms with Crippen molar-refractivity contribution in [3.05, 3.63) is 48.3 Å². The van der Waals surface area contributed by atoms with Gasteiger partial charge in [0.2, 0.25) is 0 Å². The van der Waals surface area contributed by atoms with Gasteiger partial charge in [-0.2, -0.15) is 0 Å². The van der Waals surface area contributed by atoms with Crippen molar-refractivity contribution in [2.45, 2.75) is 25.3 Å². The van der Waals surface area contributed by atoms with Crippen LogP contribution < -0.4 is 5.32 Å². The predicted molar refractivity (Wildman–Crippen MR) is 70.5 cm³/mol. The molecule has 0 spiro atoms. The number of nitrogens with zero attached hydrogens (tertiary/aromatic N) is 3. The molecule has 4 nitrogen and oxygen atoms in total. The minimum atomic E-state index is 0.289. The molecule has 4 heteroatoms. The fourth-order valence-corrected chi connectivity index (χ4v) is 2.65. The molecule has 3 heterocycles. The van der Waals surface area contributed by atoms with Gasteiger partial charge in [0.05, 0.1) is 12.4 Å². The fourth-order valence-electron chi connectivity index (χ4n) is 2.65. The van der Waals surface area contributed by atoms with E-state index in [4.69, 9.17) is 0 Å². The third-order valence-corrected chi connectivity index (χ3v) is 3.76. The van der Waals surface area contributed by atoms with Crippen LogP contribution >= 0.6 is 0 Å². The molecule has 3 rings (SSSR count). The maximum atomic E-state index is 4.33. The predicted octanol–water partition coefficient (Wildman–Crippen LogP) is 1.96. The molecule has 1 N–H and O–H groups in total. The monoisotopic (exact) mass is 242 g/mol. The molecule has 0 bridgehead atoms. The number of aromatic nitrogens is 3. The van der Waals surface area contributed by atoms with Crippen molar-refractivity contribution in [3.63, 3.8) is 0 Å². The molecule has 0 saturated carbocycles. The first kappa shape index (κ1) is 11.4. The molecule has 0 amide bonds. The van der Waals surface area contributed by atoms with Gasteiger partial charge in [-0.15, -0.1) is 0 Å². The molecule has 1 fully saturated rings. The van der Waals surface area contributed by atoms with E-state index in [1.165, 1.54) is 17.7 Å². The summed E-state index contributed by atoms with van der Waals surface area (Å²) < 4.78 is 2.27. The summed E-state index contributed by atoms with van der Waals surface area (Å²) in [7, 11) is 0. The second-order valence-electron chi connectivity index (χ2n) is 4.88. The first-order valence-electron chi connectivity index (χ1n) is 6.48. The Kier molecular flexibility index (Phi) is 3.11. The second kappa shape index (κ2) is 4.90. The van der Waals surface area contributed by atoms with E-state index < -0.39 is 0 Å². The topological polar surface area (TPSA) is 42.7 Å². The van der Waals surface area contributed by atoms with Gasteiger partial charge in [0.25, 0.3) is 0 Å². The molecule has 94 valence electrons. The highest BCUT2D eigenvalue weighted by atomic mass is 15.1. The Hall–Kier alpha value is -1.68. The van der Waals surface area contributed by atoms with Crippen LogP contribution in [0.5, 0.6) is 0 Å². The number of nitrogens with one attached hydrogen (secondary N) is 1. The quantitative estimate of drug-likeness (QED) is 0.894. The minimum absolute atomic E-state index is 0.289. The summed E-state index contributed by atoms with van der Waals surface area (Å²) in [5, 5.41) is 3.41. The van der Waals surface area contributed by atoms with Crippen LogP contribution in [0.1, 0.15) is 36.6 Å². The zero-order valence-corrected chi connectivity index (χ0v) is 10.6. The Morgan fingerprint density at radius 1 is 1.39 bits per heavy atom. The van der Waals surface area contributed by atoms with Gasteiger partial charge in [-0.3, -0.25) is 4.98 Å². The molecule has 1 aliphatic rings. The summed E-state index contributed by atoms with van der Waals surface area (Å²) in [5.74, 6) is 0.589. The van der Waals surface area contributed by atoms with Gasteiger partial charge in [0, 0.05) is 36.7 Å². The molecule has 2 unspecified atom stereocenters. The standard InChI is InChI=1S/C14H18N4/c1-11(12-3-2-5-15-7-12)18-10-17-9-14(18)13-4-6-16-8-13/h2-3,5,7,9-11,13,16H,4,6,8H2,1H3. The zero-order valence-electron chi connectivity index (χ0n) is 10.6.